The van der Waals surface area contributed by atoms with Crippen LogP contribution >= 0.6 is 0 Å². The Labute approximate surface area is 113 Å². The Bertz CT molecular complexity index is 515. The van der Waals surface area contributed by atoms with Crippen LogP contribution in [0.2, 0.25) is 0 Å². The fraction of sp³-hybridized carbons (Fsp3) is 0.571. The van der Waals surface area contributed by atoms with Crippen LogP contribution in [-0.4, -0.2) is 24.4 Å². The van der Waals surface area contributed by atoms with Crippen LogP contribution in [0.25, 0.3) is 0 Å². The Hall–Kier alpha value is -1.62. The molecule has 5 heteroatoms. The Kier molecular flexibility index (Phi) is 4.37. The van der Waals surface area contributed by atoms with Crippen LogP contribution in [0.4, 0.5) is 0 Å². The number of aromatic nitrogens is 4. The summed E-state index contributed by atoms with van der Waals surface area (Å²) in [6.45, 7) is 7.17. The maximum Gasteiger partial charge on any atom is 0.101 e. The van der Waals surface area contributed by atoms with Crippen LogP contribution in [0.1, 0.15) is 50.7 Å². The molecule has 0 fully saturated rings. The molecule has 0 saturated carbocycles. The molecule has 1 unspecified atom stereocenters. The maximum atomic E-state index is 10.3. The van der Waals surface area contributed by atoms with E-state index >= 15 is 0 Å². The highest BCUT2D eigenvalue weighted by Gasteiger charge is 2.15. The monoisotopic (exact) mass is 262 g/mol. The van der Waals surface area contributed by atoms with Gasteiger partial charge in [0.1, 0.15) is 6.10 Å². The third-order valence-electron chi connectivity index (χ3n) is 3.15. The standard InChI is InChI=1S/C14H22N4O/c1-4-6-17-10-15-9-13(17)14(19)8-12-5-7-18(16-12)11(2)3/h5,7,9-11,14,19H,4,6,8H2,1-3H3. The molecule has 1 N–H and O–H groups in total. The first-order valence-corrected chi connectivity index (χ1v) is 6.84. The molecule has 1 atom stereocenters. The summed E-state index contributed by atoms with van der Waals surface area (Å²) in [7, 11) is 0. The second kappa shape index (κ2) is 6.02. The summed E-state index contributed by atoms with van der Waals surface area (Å²) < 4.78 is 3.91. The highest BCUT2D eigenvalue weighted by Crippen LogP contribution is 2.18. The second-order valence-electron chi connectivity index (χ2n) is 5.11. The molecule has 0 radical (unpaired) electrons. The lowest BCUT2D eigenvalue weighted by molar-refractivity contribution is 0.167. The lowest BCUT2D eigenvalue weighted by Crippen LogP contribution is -2.10. The van der Waals surface area contributed by atoms with Gasteiger partial charge in [0.15, 0.2) is 0 Å². The van der Waals surface area contributed by atoms with Crippen molar-refractivity contribution in [3.63, 3.8) is 0 Å². The molecule has 0 aliphatic heterocycles. The number of nitrogens with zero attached hydrogens (tertiary/aromatic N) is 4. The van der Waals surface area contributed by atoms with Gasteiger partial charge in [0.2, 0.25) is 0 Å². The minimum Gasteiger partial charge on any atom is -0.386 e. The summed E-state index contributed by atoms with van der Waals surface area (Å²) >= 11 is 0. The third-order valence-corrected chi connectivity index (χ3v) is 3.15. The minimum absolute atomic E-state index is 0.344. The van der Waals surface area contributed by atoms with Crippen molar-refractivity contribution in [1.82, 2.24) is 19.3 Å². The molecule has 2 aromatic heterocycles. The number of aliphatic hydroxyl groups is 1. The molecule has 0 amide bonds. The summed E-state index contributed by atoms with van der Waals surface area (Å²) in [4.78, 5) is 4.11. The maximum absolute atomic E-state index is 10.3. The molecule has 2 heterocycles. The topological polar surface area (TPSA) is 55.9 Å². The molecule has 19 heavy (non-hydrogen) atoms. The van der Waals surface area contributed by atoms with Gasteiger partial charge in [-0.15, -0.1) is 0 Å². The van der Waals surface area contributed by atoms with Gasteiger partial charge in [0.25, 0.3) is 0 Å². The Morgan fingerprint density at radius 2 is 2.16 bits per heavy atom. The number of aliphatic hydroxyl groups excluding tert-OH is 1. The number of hydrogen-bond acceptors (Lipinski definition) is 3. The van der Waals surface area contributed by atoms with E-state index in [1.165, 1.54) is 0 Å². The van der Waals surface area contributed by atoms with Crippen LogP contribution in [-0.2, 0) is 13.0 Å². The summed E-state index contributed by atoms with van der Waals surface area (Å²) in [5, 5.41) is 14.8. The zero-order valence-corrected chi connectivity index (χ0v) is 11.8. The third kappa shape index (κ3) is 3.23. The van der Waals surface area contributed by atoms with Gasteiger partial charge < -0.3 is 9.67 Å². The van der Waals surface area contributed by atoms with Gasteiger partial charge in [-0.1, -0.05) is 6.92 Å². The zero-order chi connectivity index (χ0) is 13.8. The van der Waals surface area contributed by atoms with Crippen molar-refractivity contribution in [2.75, 3.05) is 0 Å². The normalized spacial score (nSPS) is 13.1. The summed E-state index contributed by atoms with van der Waals surface area (Å²) in [6, 6.07) is 2.31. The lowest BCUT2D eigenvalue weighted by atomic mass is 10.1. The van der Waals surface area contributed by atoms with Crippen molar-refractivity contribution in [3.8, 4) is 0 Å². The van der Waals surface area contributed by atoms with Crippen LogP contribution in [0.5, 0.6) is 0 Å². The van der Waals surface area contributed by atoms with Crippen molar-refractivity contribution in [1.29, 1.82) is 0 Å². The highest BCUT2D eigenvalue weighted by atomic mass is 16.3. The number of imidazole rings is 1. The average molecular weight is 262 g/mol. The molecule has 104 valence electrons. The molecule has 0 aliphatic carbocycles. The van der Waals surface area contributed by atoms with E-state index in [2.05, 4.69) is 30.9 Å². The Balaban J connectivity index is 2.07. The first kappa shape index (κ1) is 13.8. The van der Waals surface area contributed by atoms with E-state index in [0.29, 0.717) is 12.5 Å². The van der Waals surface area contributed by atoms with Crippen molar-refractivity contribution >= 4 is 0 Å². The molecule has 0 aromatic carbocycles. The van der Waals surface area contributed by atoms with Gasteiger partial charge in [0, 0.05) is 25.2 Å². The number of hydrogen-bond donors (Lipinski definition) is 1. The van der Waals surface area contributed by atoms with Gasteiger partial charge in [-0.2, -0.15) is 5.10 Å². The predicted octanol–water partition coefficient (Wildman–Crippen LogP) is 2.35. The van der Waals surface area contributed by atoms with Gasteiger partial charge in [0.05, 0.1) is 23.9 Å². The van der Waals surface area contributed by atoms with Gasteiger partial charge >= 0.3 is 0 Å². The lowest BCUT2D eigenvalue weighted by Gasteiger charge is -2.12. The van der Waals surface area contributed by atoms with E-state index in [1.54, 1.807) is 12.5 Å². The molecule has 0 aliphatic rings. The number of aryl methyl sites for hydroxylation is 1. The molecule has 0 spiro atoms. The van der Waals surface area contributed by atoms with Crippen LogP contribution in [0, 0.1) is 0 Å². The fourth-order valence-corrected chi connectivity index (χ4v) is 2.11. The summed E-state index contributed by atoms with van der Waals surface area (Å²) in [6.07, 6.45) is 6.46. The zero-order valence-electron chi connectivity index (χ0n) is 11.8. The van der Waals surface area contributed by atoms with Crippen molar-refractivity contribution in [3.05, 3.63) is 36.2 Å². The molecule has 5 nitrogen and oxygen atoms in total. The van der Waals surface area contributed by atoms with E-state index < -0.39 is 6.10 Å². The molecule has 0 bridgehead atoms. The van der Waals surface area contributed by atoms with Crippen LogP contribution < -0.4 is 0 Å². The Morgan fingerprint density at radius 1 is 1.37 bits per heavy atom. The van der Waals surface area contributed by atoms with Crippen molar-refractivity contribution < 1.29 is 5.11 Å². The average Bonchev–Trinajstić information content (AvgIpc) is 2.98. The van der Waals surface area contributed by atoms with Crippen LogP contribution in [0.15, 0.2) is 24.8 Å². The highest BCUT2D eigenvalue weighted by molar-refractivity contribution is 5.09. The van der Waals surface area contributed by atoms with Gasteiger partial charge in [-0.25, -0.2) is 4.98 Å². The SMILES string of the molecule is CCCn1cncc1C(O)Cc1ccn(C(C)C)n1. The summed E-state index contributed by atoms with van der Waals surface area (Å²) in [5.74, 6) is 0. The first-order chi connectivity index (χ1) is 9.11. The quantitative estimate of drug-likeness (QED) is 0.869. The molecule has 2 rings (SSSR count). The molecule has 2 aromatic rings. The largest absolute Gasteiger partial charge is 0.386 e. The fourth-order valence-electron chi connectivity index (χ4n) is 2.11. The van der Waals surface area contributed by atoms with E-state index in [-0.39, 0.29) is 0 Å². The molecular formula is C14H22N4O. The smallest absolute Gasteiger partial charge is 0.101 e. The first-order valence-electron chi connectivity index (χ1n) is 6.84. The predicted molar refractivity (Wildman–Crippen MR) is 73.8 cm³/mol. The van der Waals surface area contributed by atoms with Crippen molar-refractivity contribution in [2.45, 2.75) is 52.3 Å². The molecular weight excluding hydrogens is 240 g/mol. The Morgan fingerprint density at radius 3 is 2.79 bits per heavy atom. The van der Waals surface area contributed by atoms with Gasteiger partial charge in [-0.3, -0.25) is 4.68 Å². The van der Waals surface area contributed by atoms with E-state index in [4.69, 9.17) is 0 Å². The van der Waals surface area contributed by atoms with E-state index in [0.717, 1.165) is 24.4 Å². The second-order valence-corrected chi connectivity index (χ2v) is 5.11. The van der Waals surface area contributed by atoms with Gasteiger partial charge in [-0.05, 0) is 26.3 Å². The van der Waals surface area contributed by atoms with Crippen LogP contribution in [0.3, 0.4) is 0 Å². The number of rotatable bonds is 6. The van der Waals surface area contributed by atoms with E-state index in [9.17, 15) is 5.11 Å². The molecule has 0 saturated heterocycles. The van der Waals surface area contributed by atoms with E-state index in [1.807, 2.05) is 21.5 Å². The summed E-state index contributed by atoms with van der Waals surface area (Å²) in [5.41, 5.74) is 1.77. The minimum atomic E-state index is -0.551. The van der Waals surface area contributed by atoms with Crippen molar-refractivity contribution in [2.24, 2.45) is 0 Å².